The number of nitrogens with zero attached hydrogens (tertiary/aromatic N) is 3. The van der Waals surface area contributed by atoms with Crippen molar-refractivity contribution in [3.63, 3.8) is 0 Å². The Hall–Kier alpha value is -1.83. The number of carbonyl (C=O) groups is 1. The van der Waals surface area contributed by atoms with Crippen LogP contribution < -0.4 is 10.2 Å². The maximum absolute atomic E-state index is 11.7. The molecule has 2 fully saturated rings. The summed E-state index contributed by atoms with van der Waals surface area (Å²) in [6, 6.07) is 5.17. The van der Waals surface area contributed by atoms with Gasteiger partial charge in [-0.05, 0) is 34.8 Å². The summed E-state index contributed by atoms with van der Waals surface area (Å²) in [5, 5.41) is 13.6. The number of non-ortho nitro benzene ring substituents is 1. The molecule has 0 aliphatic carbocycles. The molecule has 0 aromatic heterocycles. The number of amides is 2. The zero-order valence-corrected chi connectivity index (χ0v) is 13.6. The van der Waals surface area contributed by atoms with E-state index in [9.17, 15) is 14.9 Å². The first kappa shape index (κ1) is 15.1. The van der Waals surface area contributed by atoms with Crippen molar-refractivity contribution in [2.24, 2.45) is 0 Å². The van der Waals surface area contributed by atoms with E-state index in [4.69, 9.17) is 0 Å². The van der Waals surface area contributed by atoms with Crippen LogP contribution in [0.15, 0.2) is 22.7 Å². The van der Waals surface area contributed by atoms with Gasteiger partial charge in [0.2, 0.25) is 0 Å². The van der Waals surface area contributed by atoms with Crippen LogP contribution >= 0.6 is 15.9 Å². The molecule has 0 atom stereocenters. The van der Waals surface area contributed by atoms with Gasteiger partial charge in [-0.1, -0.05) is 0 Å². The molecular formula is C14H17BrN4O3. The smallest absolute Gasteiger partial charge is 0.317 e. The number of piperidine rings is 1. The maximum atomic E-state index is 11.7. The molecule has 0 radical (unpaired) electrons. The zero-order valence-electron chi connectivity index (χ0n) is 12.0. The predicted octanol–water partition coefficient (Wildman–Crippen LogP) is 2.35. The van der Waals surface area contributed by atoms with E-state index in [1.807, 2.05) is 4.90 Å². The van der Waals surface area contributed by atoms with E-state index in [1.165, 1.54) is 12.1 Å². The van der Waals surface area contributed by atoms with Crippen molar-refractivity contribution in [1.29, 1.82) is 0 Å². The van der Waals surface area contributed by atoms with Crippen LogP contribution in [-0.4, -0.2) is 48.1 Å². The summed E-state index contributed by atoms with van der Waals surface area (Å²) in [7, 11) is 0. The minimum Gasteiger partial charge on any atom is -0.370 e. The molecule has 0 bridgehead atoms. The first-order valence-corrected chi connectivity index (χ1v) is 8.09. The molecule has 1 aromatic rings. The van der Waals surface area contributed by atoms with Crippen LogP contribution in [0.25, 0.3) is 0 Å². The second-order valence-electron chi connectivity index (χ2n) is 5.54. The van der Waals surface area contributed by atoms with Gasteiger partial charge in [-0.2, -0.15) is 0 Å². The molecule has 2 amide bonds. The van der Waals surface area contributed by atoms with Crippen molar-refractivity contribution in [2.75, 3.05) is 31.1 Å². The van der Waals surface area contributed by atoms with Crippen LogP contribution in [0.2, 0.25) is 0 Å². The highest BCUT2D eigenvalue weighted by atomic mass is 79.9. The predicted molar refractivity (Wildman–Crippen MR) is 86.1 cm³/mol. The fraction of sp³-hybridized carbons (Fsp3) is 0.500. The Bertz CT molecular complexity index is 602. The molecule has 1 aromatic carbocycles. The molecule has 7 nitrogen and oxygen atoms in total. The third-order valence-corrected chi connectivity index (χ3v) is 4.91. The van der Waals surface area contributed by atoms with Gasteiger partial charge in [0, 0.05) is 48.8 Å². The normalized spacial score (nSPS) is 19.4. The van der Waals surface area contributed by atoms with E-state index in [0.29, 0.717) is 0 Å². The Morgan fingerprint density at radius 2 is 2.00 bits per heavy atom. The standard InChI is InChI=1S/C14H17BrN4O3/c15-12-9-11(19(21)22)1-2-13(12)17-6-3-10(4-7-17)18-8-5-16-14(18)20/h1-2,9-10H,3-8H2,(H,16,20). The summed E-state index contributed by atoms with van der Waals surface area (Å²) in [6.45, 7) is 3.19. The molecule has 2 aliphatic heterocycles. The lowest BCUT2D eigenvalue weighted by Gasteiger charge is -2.37. The van der Waals surface area contributed by atoms with Gasteiger partial charge in [-0.25, -0.2) is 4.79 Å². The third kappa shape index (κ3) is 2.87. The maximum Gasteiger partial charge on any atom is 0.317 e. The van der Waals surface area contributed by atoms with E-state index < -0.39 is 4.92 Å². The zero-order chi connectivity index (χ0) is 15.7. The average Bonchev–Trinajstić information content (AvgIpc) is 2.93. The summed E-state index contributed by atoms with van der Waals surface area (Å²) in [5.74, 6) is 0. The molecule has 3 rings (SSSR count). The topological polar surface area (TPSA) is 78.7 Å². The number of halogens is 1. The van der Waals surface area contributed by atoms with Crippen LogP contribution in [0.1, 0.15) is 12.8 Å². The van der Waals surface area contributed by atoms with Crippen molar-refractivity contribution in [3.05, 3.63) is 32.8 Å². The second-order valence-corrected chi connectivity index (χ2v) is 6.39. The monoisotopic (exact) mass is 368 g/mol. The minimum atomic E-state index is -0.396. The average molecular weight is 369 g/mol. The Kier molecular flexibility index (Phi) is 4.19. The lowest BCUT2D eigenvalue weighted by Crippen LogP contribution is -2.46. The van der Waals surface area contributed by atoms with Gasteiger partial charge in [-0.3, -0.25) is 10.1 Å². The molecule has 8 heteroatoms. The highest BCUT2D eigenvalue weighted by molar-refractivity contribution is 9.10. The lowest BCUT2D eigenvalue weighted by atomic mass is 10.0. The Morgan fingerprint density at radius 3 is 2.55 bits per heavy atom. The number of carbonyl (C=O) groups excluding carboxylic acids is 1. The summed E-state index contributed by atoms with van der Waals surface area (Å²) >= 11 is 3.42. The van der Waals surface area contributed by atoms with Crippen molar-refractivity contribution in [2.45, 2.75) is 18.9 Å². The summed E-state index contributed by atoms with van der Waals surface area (Å²) in [4.78, 5) is 26.2. The number of nitro benzene ring substituents is 1. The van der Waals surface area contributed by atoms with E-state index in [-0.39, 0.29) is 17.8 Å². The van der Waals surface area contributed by atoms with Crippen LogP contribution in [0.4, 0.5) is 16.2 Å². The Morgan fingerprint density at radius 1 is 1.27 bits per heavy atom. The molecular weight excluding hydrogens is 352 g/mol. The van der Waals surface area contributed by atoms with Crippen LogP contribution in [-0.2, 0) is 0 Å². The number of rotatable bonds is 3. The fourth-order valence-electron chi connectivity index (χ4n) is 3.12. The largest absolute Gasteiger partial charge is 0.370 e. The van der Waals surface area contributed by atoms with Crippen molar-refractivity contribution in [3.8, 4) is 0 Å². The number of hydrogen-bond acceptors (Lipinski definition) is 4. The van der Waals surface area contributed by atoms with Gasteiger partial charge in [0.1, 0.15) is 0 Å². The SMILES string of the molecule is O=C1NCCN1C1CCN(c2ccc([N+](=O)[O-])cc2Br)CC1. The first-order chi connectivity index (χ1) is 10.6. The molecule has 118 valence electrons. The van der Waals surface area contributed by atoms with Crippen molar-refractivity contribution in [1.82, 2.24) is 10.2 Å². The lowest BCUT2D eigenvalue weighted by molar-refractivity contribution is -0.384. The molecule has 0 unspecified atom stereocenters. The summed E-state index contributed by atoms with van der Waals surface area (Å²) in [6.07, 6.45) is 1.83. The van der Waals surface area contributed by atoms with E-state index in [0.717, 1.165) is 49.2 Å². The number of urea groups is 1. The molecule has 2 saturated heterocycles. The van der Waals surface area contributed by atoms with E-state index in [2.05, 4.69) is 26.1 Å². The van der Waals surface area contributed by atoms with Crippen molar-refractivity contribution < 1.29 is 9.72 Å². The molecule has 1 N–H and O–H groups in total. The number of anilines is 1. The minimum absolute atomic E-state index is 0.0370. The molecule has 2 aliphatic rings. The van der Waals surface area contributed by atoms with E-state index >= 15 is 0 Å². The number of hydrogen-bond donors (Lipinski definition) is 1. The van der Waals surface area contributed by atoms with E-state index in [1.54, 1.807) is 6.07 Å². The van der Waals surface area contributed by atoms with Gasteiger partial charge in [0.15, 0.2) is 0 Å². The first-order valence-electron chi connectivity index (χ1n) is 7.29. The number of benzene rings is 1. The van der Waals surface area contributed by atoms with Crippen LogP contribution in [0.3, 0.4) is 0 Å². The highest BCUT2D eigenvalue weighted by Crippen LogP contribution is 2.32. The fourth-order valence-corrected chi connectivity index (χ4v) is 3.74. The summed E-state index contributed by atoms with van der Waals surface area (Å²) in [5.41, 5.74) is 1.05. The number of nitrogens with one attached hydrogen (secondary N) is 1. The Labute approximate surface area is 136 Å². The quantitative estimate of drug-likeness (QED) is 0.655. The third-order valence-electron chi connectivity index (χ3n) is 4.28. The molecule has 2 heterocycles. The van der Waals surface area contributed by atoms with Gasteiger partial charge >= 0.3 is 6.03 Å². The van der Waals surface area contributed by atoms with Gasteiger partial charge < -0.3 is 15.1 Å². The van der Waals surface area contributed by atoms with Crippen LogP contribution in [0.5, 0.6) is 0 Å². The van der Waals surface area contributed by atoms with Crippen molar-refractivity contribution >= 4 is 33.3 Å². The highest BCUT2D eigenvalue weighted by Gasteiger charge is 2.31. The van der Waals surface area contributed by atoms with Crippen LogP contribution in [0, 0.1) is 10.1 Å². The molecule has 0 spiro atoms. The molecule has 0 saturated carbocycles. The second kappa shape index (κ2) is 6.12. The Balaban J connectivity index is 1.66. The van der Waals surface area contributed by atoms with Gasteiger partial charge in [-0.15, -0.1) is 0 Å². The van der Waals surface area contributed by atoms with Gasteiger partial charge in [0.05, 0.1) is 10.6 Å². The number of nitro groups is 1. The van der Waals surface area contributed by atoms with Gasteiger partial charge in [0.25, 0.3) is 5.69 Å². The molecule has 22 heavy (non-hydrogen) atoms. The summed E-state index contributed by atoms with van der Waals surface area (Å²) < 4.78 is 0.735.